The molecular weight excluding hydrogens is 180 g/mol. The van der Waals surface area contributed by atoms with Crippen LogP contribution in [0.2, 0.25) is 0 Å². The van der Waals surface area contributed by atoms with Gasteiger partial charge in [-0.05, 0) is 12.1 Å². The van der Waals surface area contributed by atoms with Crippen molar-refractivity contribution < 1.29 is 4.74 Å². The zero-order chi connectivity index (χ0) is 9.80. The van der Waals surface area contributed by atoms with E-state index >= 15 is 0 Å². The molecule has 0 aliphatic carbocycles. The largest absolute Gasteiger partial charge is 0.423 e. The molecule has 0 spiro atoms. The fourth-order valence-corrected chi connectivity index (χ4v) is 1.01. The molecule has 0 radical (unpaired) electrons. The van der Waals surface area contributed by atoms with Crippen molar-refractivity contribution in [2.75, 3.05) is 0 Å². The summed E-state index contributed by atoms with van der Waals surface area (Å²) in [6.07, 6.45) is 1.62. The van der Waals surface area contributed by atoms with Crippen molar-refractivity contribution in [3.63, 3.8) is 0 Å². The third-order valence-corrected chi connectivity index (χ3v) is 1.59. The van der Waals surface area contributed by atoms with Crippen LogP contribution in [-0.4, -0.2) is 9.97 Å². The van der Waals surface area contributed by atoms with Gasteiger partial charge in [0, 0.05) is 18.3 Å². The van der Waals surface area contributed by atoms with Crippen LogP contribution in [0.4, 0.5) is 0 Å². The molecule has 1 N–H and O–H groups in total. The third kappa shape index (κ3) is 1.98. The first-order valence-electron chi connectivity index (χ1n) is 4.13. The van der Waals surface area contributed by atoms with Crippen LogP contribution in [0.3, 0.4) is 0 Å². The molecule has 4 nitrogen and oxygen atoms in total. The van der Waals surface area contributed by atoms with E-state index in [0.717, 1.165) is 0 Å². The fourth-order valence-electron chi connectivity index (χ4n) is 1.01. The second-order valence-electron chi connectivity index (χ2n) is 2.65. The quantitative estimate of drug-likeness (QED) is 0.778. The minimum Gasteiger partial charge on any atom is -0.423 e. The maximum atomic E-state index is 10.9. The Hall–Kier alpha value is -2.10. The molecule has 0 saturated heterocycles. The number of nitrogens with one attached hydrogen (secondary N) is 1. The van der Waals surface area contributed by atoms with Crippen LogP contribution in [0, 0.1) is 0 Å². The molecule has 0 aliphatic rings. The van der Waals surface area contributed by atoms with Gasteiger partial charge in [0.25, 0.3) is 5.56 Å². The molecule has 14 heavy (non-hydrogen) atoms. The standard InChI is InChI=1S/C10H8N2O2/c13-8-4-3-6-10(12-8)14-9-5-1-2-7-11-9/h1-7H,(H,12,13). The SMILES string of the molecule is O=c1cccc(Oc2ccccn2)[nH]1. The van der Waals surface area contributed by atoms with Gasteiger partial charge >= 0.3 is 0 Å². The second kappa shape index (κ2) is 3.74. The van der Waals surface area contributed by atoms with Gasteiger partial charge in [0.05, 0.1) is 0 Å². The lowest BCUT2D eigenvalue weighted by molar-refractivity contribution is 0.443. The predicted molar refractivity (Wildman–Crippen MR) is 51.4 cm³/mol. The van der Waals surface area contributed by atoms with Crippen molar-refractivity contribution in [3.8, 4) is 11.8 Å². The predicted octanol–water partition coefficient (Wildman–Crippen LogP) is 1.56. The van der Waals surface area contributed by atoms with Gasteiger partial charge in [0.2, 0.25) is 11.8 Å². The highest BCUT2D eigenvalue weighted by Gasteiger charge is 1.96. The minimum absolute atomic E-state index is 0.196. The Labute approximate surface area is 80.2 Å². The van der Waals surface area contributed by atoms with E-state index in [9.17, 15) is 4.79 Å². The Morgan fingerprint density at radius 2 is 2.07 bits per heavy atom. The first kappa shape index (κ1) is 8.50. The molecule has 0 saturated carbocycles. The molecule has 2 heterocycles. The monoisotopic (exact) mass is 188 g/mol. The highest BCUT2D eigenvalue weighted by atomic mass is 16.5. The summed E-state index contributed by atoms with van der Waals surface area (Å²) in [4.78, 5) is 17.4. The van der Waals surface area contributed by atoms with Gasteiger partial charge in [0.1, 0.15) is 0 Å². The summed E-state index contributed by atoms with van der Waals surface area (Å²) in [7, 11) is 0. The van der Waals surface area contributed by atoms with E-state index in [0.29, 0.717) is 11.8 Å². The van der Waals surface area contributed by atoms with Gasteiger partial charge in [-0.1, -0.05) is 12.1 Å². The smallest absolute Gasteiger partial charge is 0.250 e. The minimum atomic E-state index is -0.196. The number of rotatable bonds is 2. The number of H-pyrrole nitrogens is 1. The normalized spacial score (nSPS) is 9.71. The van der Waals surface area contributed by atoms with Crippen molar-refractivity contribution >= 4 is 0 Å². The van der Waals surface area contributed by atoms with Gasteiger partial charge in [-0.25, -0.2) is 4.98 Å². The molecule has 70 valence electrons. The van der Waals surface area contributed by atoms with Crippen molar-refractivity contribution in [2.24, 2.45) is 0 Å². The number of aromatic nitrogens is 2. The van der Waals surface area contributed by atoms with Gasteiger partial charge in [-0.2, -0.15) is 0 Å². The summed E-state index contributed by atoms with van der Waals surface area (Å²) in [5.41, 5.74) is -0.196. The molecule has 0 amide bonds. The molecule has 0 bridgehead atoms. The zero-order valence-electron chi connectivity index (χ0n) is 7.31. The van der Waals surface area contributed by atoms with Gasteiger partial charge < -0.3 is 4.74 Å². The second-order valence-corrected chi connectivity index (χ2v) is 2.65. The number of pyridine rings is 2. The van der Waals surface area contributed by atoms with Crippen LogP contribution in [0.1, 0.15) is 0 Å². The van der Waals surface area contributed by atoms with Gasteiger partial charge in [-0.3, -0.25) is 9.78 Å². The van der Waals surface area contributed by atoms with Crippen molar-refractivity contribution in [3.05, 3.63) is 52.9 Å². The Morgan fingerprint density at radius 1 is 1.14 bits per heavy atom. The van der Waals surface area contributed by atoms with E-state index in [1.54, 1.807) is 30.5 Å². The summed E-state index contributed by atoms with van der Waals surface area (Å²) in [5, 5.41) is 0. The lowest BCUT2D eigenvalue weighted by Gasteiger charge is -2.01. The number of ether oxygens (including phenoxy) is 1. The average molecular weight is 188 g/mol. The van der Waals surface area contributed by atoms with Crippen molar-refractivity contribution in [2.45, 2.75) is 0 Å². The Balaban J connectivity index is 2.24. The summed E-state index contributed by atoms with van der Waals surface area (Å²) in [5.74, 6) is 0.838. The van der Waals surface area contributed by atoms with E-state index in [2.05, 4.69) is 9.97 Å². The molecule has 4 heteroatoms. The molecule has 0 aromatic carbocycles. The molecule has 0 unspecified atom stereocenters. The summed E-state index contributed by atoms with van der Waals surface area (Å²) >= 11 is 0. The van der Waals surface area contributed by atoms with E-state index < -0.39 is 0 Å². The van der Waals surface area contributed by atoms with Crippen molar-refractivity contribution in [1.82, 2.24) is 9.97 Å². The maximum Gasteiger partial charge on any atom is 0.250 e. The van der Waals surface area contributed by atoms with Gasteiger partial charge in [0.15, 0.2) is 0 Å². The van der Waals surface area contributed by atoms with E-state index in [4.69, 9.17) is 4.74 Å². The van der Waals surface area contributed by atoms with E-state index in [1.807, 2.05) is 6.07 Å². The Morgan fingerprint density at radius 3 is 2.79 bits per heavy atom. The van der Waals surface area contributed by atoms with Crippen LogP contribution >= 0.6 is 0 Å². The van der Waals surface area contributed by atoms with E-state index in [1.165, 1.54) is 6.07 Å². The highest BCUT2D eigenvalue weighted by molar-refractivity contribution is 5.18. The summed E-state index contributed by atoms with van der Waals surface area (Å²) in [6, 6.07) is 10.0. The molecule has 0 atom stereocenters. The molecule has 2 aromatic rings. The van der Waals surface area contributed by atoms with Crippen LogP contribution in [-0.2, 0) is 0 Å². The topological polar surface area (TPSA) is 55.0 Å². The van der Waals surface area contributed by atoms with Gasteiger partial charge in [-0.15, -0.1) is 0 Å². The number of hydrogen-bond donors (Lipinski definition) is 1. The number of nitrogens with zero attached hydrogens (tertiary/aromatic N) is 1. The molecular formula is C10H8N2O2. The lowest BCUT2D eigenvalue weighted by atomic mass is 10.5. The Bertz CT molecular complexity index is 465. The van der Waals surface area contributed by atoms with Crippen LogP contribution in [0.5, 0.6) is 11.8 Å². The molecule has 0 fully saturated rings. The Kier molecular flexibility index (Phi) is 2.27. The number of hydrogen-bond acceptors (Lipinski definition) is 3. The maximum absolute atomic E-state index is 10.9. The molecule has 0 aliphatic heterocycles. The highest BCUT2D eigenvalue weighted by Crippen LogP contribution is 2.13. The summed E-state index contributed by atoms with van der Waals surface area (Å²) < 4.78 is 5.29. The fraction of sp³-hybridized carbons (Fsp3) is 0. The average Bonchev–Trinajstić information content (AvgIpc) is 2.19. The van der Waals surface area contributed by atoms with Crippen molar-refractivity contribution in [1.29, 1.82) is 0 Å². The molecule has 2 rings (SSSR count). The van der Waals surface area contributed by atoms with Crippen LogP contribution in [0.15, 0.2) is 47.4 Å². The molecule has 2 aromatic heterocycles. The van der Waals surface area contributed by atoms with Crippen LogP contribution < -0.4 is 10.3 Å². The van der Waals surface area contributed by atoms with Crippen LogP contribution in [0.25, 0.3) is 0 Å². The number of aromatic amines is 1. The van der Waals surface area contributed by atoms with E-state index in [-0.39, 0.29) is 5.56 Å². The first-order chi connectivity index (χ1) is 6.84. The summed E-state index contributed by atoms with van der Waals surface area (Å²) in [6.45, 7) is 0. The lowest BCUT2D eigenvalue weighted by Crippen LogP contribution is -2.03. The zero-order valence-corrected chi connectivity index (χ0v) is 7.31. The third-order valence-electron chi connectivity index (χ3n) is 1.59. The first-order valence-corrected chi connectivity index (χ1v) is 4.13.